The fourth-order valence-corrected chi connectivity index (χ4v) is 4.20. The number of fused-ring (bicyclic) bond motifs is 1. The normalized spacial score (nSPS) is 21.2. The fraction of sp³-hybridized carbons (Fsp3) is 0.500. The summed E-state index contributed by atoms with van der Waals surface area (Å²) in [6, 6.07) is 2.45. The molecule has 0 spiro atoms. The third-order valence-electron chi connectivity index (χ3n) is 5.90. The number of nitrogens with one attached hydrogen (secondary N) is 1. The molecule has 1 N–H and O–H groups in total. The zero-order chi connectivity index (χ0) is 24.8. The monoisotopic (exact) mass is 494 g/mol. The van der Waals surface area contributed by atoms with Gasteiger partial charge in [0.05, 0.1) is 6.04 Å². The molecule has 1 aromatic heterocycles. The first-order valence-electron chi connectivity index (χ1n) is 10.2. The van der Waals surface area contributed by atoms with Crippen LogP contribution in [0.4, 0.5) is 30.7 Å². The second-order valence-electron chi connectivity index (χ2n) is 8.06. The van der Waals surface area contributed by atoms with E-state index in [1.807, 2.05) is 0 Å². The summed E-state index contributed by atoms with van der Waals surface area (Å²) in [5.74, 6) is -9.70. The molecule has 184 valence electrons. The van der Waals surface area contributed by atoms with Gasteiger partial charge in [0.1, 0.15) is 0 Å². The molecule has 1 aromatic carbocycles. The van der Waals surface area contributed by atoms with Crippen molar-refractivity contribution in [2.75, 3.05) is 0 Å². The molecule has 2 heterocycles. The second-order valence-corrected chi connectivity index (χ2v) is 8.06. The van der Waals surface area contributed by atoms with Gasteiger partial charge >= 0.3 is 24.4 Å². The number of nitrogens with zero attached hydrogens (tertiary/aromatic N) is 3. The van der Waals surface area contributed by atoms with Crippen molar-refractivity contribution >= 4 is 11.8 Å². The highest BCUT2D eigenvalue weighted by atomic mass is 19.4. The van der Waals surface area contributed by atoms with Crippen molar-refractivity contribution in [3.8, 4) is 11.5 Å². The van der Waals surface area contributed by atoms with Gasteiger partial charge in [-0.2, -0.15) is 30.7 Å². The lowest BCUT2D eigenvalue weighted by Crippen LogP contribution is -2.59. The van der Waals surface area contributed by atoms with Gasteiger partial charge in [0.25, 0.3) is 11.8 Å². The van der Waals surface area contributed by atoms with Gasteiger partial charge in [-0.3, -0.25) is 9.59 Å². The molecule has 7 nitrogen and oxygen atoms in total. The number of alkyl halides is 7. The molecule has 0 bridgehead atoms. The van der Waals surface area contributed by atoms with Crippen LogP contribution in [0.3, 0.4) is 0 Å². The molecular formula is C20H17F7N4O3. The Morgan fingerprint density at radius 3 is 2.47 bits per heavy atom. The van der Waals surface area contributed by atoms with Gasteiger partial charge in [-0.15, -0.1) is 10.2 Å². The molecule has 4 rings (SSSR count). The highest BCUT2D eigenvalue weighted by Crippen LogP contribution is 2.37. The topological polar surface area (TPSA) is 88.3 Å². The van der Waals surface area contributed by atoms with Crippen LogP contribution in [0.15, 0.2) is 22.6 Å². The number of carbonyl (C=O) groups excluding carboxylic acids is 2. The summed E-state index contributed by atoms with van der Waals surface area (Å²) in [4.78, 5) is 26.1. The number of hydrogen-bond acceptors (Lipinski definition) is 5. The number of hydrogen-bond donors (Lipinski definition) is 1. The smallest absolute Gasteiger partial charge is 0.415 e. The van der Waals surface area contributed by atoms with E-state index in [-0.39, 0.29) is 36.4 Å². The lowest BCUT2D eigenvalue weighted by molar-refractivity contribution is -0.270. The largest absolute Gasteiger partial charge is 0.463 e. The van der Waals surface area contributed by atoms with Gasteiger partial charge in [0.15, 0.2) is 0 Å². The maximum atomic E-state index is 13.4. The highest BCUT2D eigenvalue weighted by molar-refractivity contribution is 5.99. The lowest BCUT2D eigenvalue weighted by Gasteiger charge is -2.38. The Bertz CT molecular complexity index is 1100. The first-order valence-corrected chi connectivity index (χ1v) is 10.2. The Hall–Kier alpha value is -3.19. The van der Waals surface area contributed by atoms with Gasteiger partial charge in [0.2, 0.25) is 5.89 Å². The molecule has 2 aliphatic rings. The van der Waals surface area contributed by atoms with Crippen LogP contribution in [-0.2, 0) is 11.3 Å². The quantitative estimate of drug-likeness (QED) is 0.628. The van der Waals surface area contributed by atoms with E-state index in [2.05, 4.69) is 10.2 Å². The first-order chi connectivity index (χ1) is 15.9. The predicted octanol–water partition coefficient (Wildman–Crippen LogP) is 4.26. The van der Waals surface area contributed by atoms with E-state index >= 15 is 0 Å². The van der Waals surface area contributed by atoms with Gasteiger partial charge in [-0.1, -0.05) is 18.9 Å². The molecule has 34 heavy (non-hydrogen) atoms. The SMILES string of the molecule is O=C1c2cc(-c3nnc(C(F)F)o3)ccc2CN1C1CCCC[C@H]1NC(=O)C(F)(F)C(F)(F)F. The summed E-state index contributed by atoms with van der Waals surface area (Å²) in [6.07, 6.45) is -7.56. The van der Waals surface area contributed by atoms with E-state index in [1.165, 1.54) is 23.1 Å². The van der Waals surface area contributed by atoms with Crippen molar-refractivity contribution in [3.05, 3.63) is 35.2 Å². The van der Waals surface area contributed by atoms with Crippen LogP contribution in [0.5, 0.6) is 0 Å². The van der Waals surface area contributed by atoms with Crippen LogP contribution in [-0.4, -0.2) is 51.1 Å². The van der Waals surface area contributed by atoms with E-state index in [0.717, 1.165) is 0 Å². The van der Waals surface area contributed by atoms with E-state index in [4.69, 9.17) is 4.42 Å². The van der Waals surface area contributed by atoms with Gasteiger partial charge < -0.3 is 14.6 Å². The van der Waals surface area contributed by atoms with Crippen LogP contribution >= 0.6 is 0 Å². The van der Waals surface area contributed by atoms with Crippen molar-refractivity contribution in [1.82, 2.24) is 20.4 Å². The van der Waals surface area contributed by atoms with Gasteiger partial charge in [0, 0.05) is 23.7 Å². The average Bonchev–Trinajstić information content (AvgIpc) is 3.39. The Morgan fingerprint density at radius 2 is 1.82 bits per heavy atom. The van der Waals surface area contributed by atoms with Crippen LogP contribution in [0.25, 0.3) is 11.5 Å². The van der Waals surface area contributed by atoms with Crippen molar-refractivity contribution in [2.24, 2.45) is 0 Å². The Kier molecular flexibility index (Phi) is 6.02. The zero-order valence-electron chi connectivity index (χ0n) is 17.2. The predicted molar refractivity (Wildman–Crippen MR) is 99.8 cm³/mol. The van der Waals surface area contributed by atoms with E-state index in [1.54, 1.807) is 5.32 Å². The molecule has 0 saturated heterocycles. The molecule has 1 fully saturated rings. The van der Waals surface area contributed by atoms with Crippen LogP contribution in [0.2, 0.25) is 0 Å². The van der Waals surface area contributed by atoms with E-state index in [0.29, 0.717) is 18.4 Å². The van der Waals surface area contributed by atoms with E-state index in [9.17, 15) is 40.3 Å². The minimum Gasteiger partial charge on any atom is -0.415 e. The highest BCUT2D eigenvalue weighted by Gasteiger charge is 2.63. The van der Waals surface area contributed by atoms with Crippen molar-refractivity contribution in [1.29, 1.82) is 0 Å². The number of carbonyl (C=O) groups is 2. The molecule has 2 aromatic rings. The van der Waals surface area contributed by atoms with Crippen molar-refractivity contribution in [3.63, 3.8) is 0 Å². The van der Waals surface area contributed by atoms with E-state index < -0.39 is 48.3 Å². The Morgan fingerprint density at radius 1 is 1.12 bits per heavy atom. The molecule has 14 heteroatoms. The summed E-state index contributed by atoms with van der Waals surface area (Å²) in [5.41, 5.74) is 0.899. The zero-order valence-corrected chi connectivity index (χ0v) is 17.2. The minimum atomic E-state index is -6.05. The standard InChI is InChI=1S/C20H17F7N4O3/c21-14(22)16-30-29-15(34-16)9-5-6-10-8-31(17(32)11(10)7-9)13-4-2-1-3-12(13)28-18(33)19(23,24)20(25,26)27/h5-7,12-14H,1-4,8H2,(H,28,33)/t12-,13?/m1/s1. The Balaban J connectivity index is 1.54. The lowest BCUT2D eigenvalue weighted by atomic mass is 9.89. The van der Waals surface area contributed by atoms with Crippen molar-refractivity contribution in [2.45, 2.75) is 62.8 Å². The molecule has 1 aliphatic heterocycles. The molecule has 0 radical (unpaired) electrons. The van der Waals surface area contributed by atoms with Gasteiger partial charge in [-0.05, 0) is 30.5 Å². The third-order valence-corrected chi connectivity index (χ3v) is 5.90. The average molecular weight is 494 g/mol. The maximum absolute atomic E-state index is 13.4. The summed E-state index contributed by atoms with van der Waals surface area (Å²) in [5, 5.41) is 8.53. The number of halogens is 7. The minimum absolute atomic E-state index is 0.0350. The third kappa shape index (κ3) is 4.20. The Labute approximate surface area is 187 Å². The molecule has 1 unspecified atom stereocenters. The molecule has 2 atom stereocenters. The van der Waals surface area contributed by atoms with Crippen molar-refractivity contribution < 1.29 is 44.7 Å². The van der Waals surface area contributed by atoms with Crippen LogP contribution < -0.4 is 5.32 Å². The molecule has 2 amide bonds. The summed E-state index contributed by atoms with van der Waals surface area (Å²) in [7, 11) is 0. The molecular weight excluding hydrogens is 477 g/mol. The van der Waals surface area contributed by atoms with Gasteiger partial charge in [-0.25, -0.2) is 0 Å². The maximum Gasteiger partial charge on any atom is 0.463 e. The molecule has 1 aliphatic carbocycles. The first kappa shape index (κ1) is 24.0. The summed E-state index contributed by atoms with van der Waals surface area (Å²) >= 11 is 0. The van der Waals surface area contributed by atoms with Crippen LogP contribution in [0, 0.1) is 0 Å². The molecule has 1 saturated carbocycles. The fourth-order valence-electron chi connectivity index (χ4n) is 4.20. The number of amides is 2. The van der Waals surface area contributed by atoms with Crippen LogP contribution in [0.1, 0.15) is 53.9 Å². The number of aromatic nitrogens is 2. The number of benzene rings is 1. The summed E-state index contributed by atoms with van der Waals surface area (Å²) < 4.78 is 94.9. The second kappa shape index (κ2) is 8.55. The number of rotatable bonds is 5. The summed E-state index contributed by atoms with van der Waals surface area (Å²) in [6.45, 7) is 0.0350.